The Balaban J connectivity index is 1.44. The number of nitrogens with zero attached hydrogens (tertiary/aromatic N) is 4. The summed E-state index contributed by atoms with van der Waals surface area (Å²) in [6.07, 6.45) is 1.55. The van der Waals surface area contributed by atoms with Gasteiger partial charge in [-0.15, -0.1) is 10.2 Å². The molecule has 2 fully saturated rings. The van der Waals surface area contributed by atoms with E-state index in [2.05, 4.69) is 25.3 Å². The molecule has 0 radical (unpaired) electrons. The topological polar surface area (TPSA) is 74.9 Å². The van der Waals surface area contributed by atoms with Gasteiger partial charge in [0.2, 0.25) is 0 Å². The average Bonchev–Trinajstić information content (AvgIpc) is 3.34. The number of aromatic nitrogens is 2. The third kappa shape index (κ3) is 3.81. The Kier molecular flexibility index (Phi) is 5.50. The summed E-state index contributed by atoms with van der Waals surface area (Å²) in [7, 11) is 1.59. The highest BCUT2D eigenvalue weighted by Crippen LogP contribution is 2.41. The maximum atomic E-state index is 9.96. The number of nitrogens with one attached hydrogen (secondary N) is 1. The molecular weight excluding hydrogens is 426 g/mol. The zero-order valence-electron chi connectivity index (χ0n) is 17.8. The third-order valence-electron chi connectivity index (χ3n) is 6.57. The van der Waals surface area contributed by atoms with E-state index >= 15 is 0 Å². The summed E-state index contributed by atoms with van der Waals surface area (Å²) >= 11 is 6.25. The predicted octanol–water partition coefficient (Wildman–Crippen LogP) is 4.66. The highest BCUT2D eigenvalue weighted by molar-refractivity contribution is 6.32. The fourth-order valence-corrected chi connectivity index (χ4v) is 5.29. The van der Waals surface area contributed by atoms with Crippen LogP contribution in [0.2, 0.25) is 5.02 Å². The zero-order valence-corrected chi connectivity index (χ0v) is 18.5. The van der Waals surface area contributed by atoms with Crippen molar-refractivity contribution in [3.8, 4) is 5.75 Å². The smallest absolute Gasteiger partial charge is 0.188 e. The van der Waals surface area contributed by atoms with Crippen LogP contribution in [0.15, 0.2) is 36.4 Å². The Bertz CT molecular complexity index is 1200. The van der Waals surface area contributed by atoms with Crippen LogP contribution in [0, 0.1) is 18.4 Å². The summed E-state index contributed by atoms with van der Waals surface area (Å²) < 4.78 is 5.22. The summed E-state index contributed by atoms with van der Waals surface area (Å²) in [5.74, 6) is 3.12. The summed E-state index contributed by atoms with van der Waals surface area (Å²) in [5, 5.41) is 24.8. The number of ether oxygens (including phenoxy) is 1. The zero-order chi connectivity index (χ0) is 22.2. The van der Waals surface area contributed by atoms with E-state index < -0.39 is 0 Å². The van der Waals surface area contributed by atoms with E-state index in [0.29, 0.717) is 40.7 Å². The van der Waals surface area contributed by atoms with Gasteiger partial charge < -0.3 is 20.1 Å². The number of hydrogen-bond donors (Lipinski definition) is 2. The normalized spacial score (nSPS) is 22.1. The predicted molar refractivity (Wildman–Crippen MR) is 126 cm³/mol. The van der Waals surface area contributed by atoms with E-state index in [1.807, 2.05) is 36.4 Å². The van der Waals surface area contributed by atoms with Crippen LogP contribution in [-0.4, -0.2) is 41.6 Å². The highest BCUT2D eigenvalue weighted by Gasteiger charge is 2.41. The van der Waals surface area contributed by atoms with E-state index in [1.165, 1.54) is 0 Å². The third-order valence-corrected chi connectivity index (χ3v) is 6.87. The molecule has 2 atom stereocenters. The molecule has 1 aromatic heterocycles. The number of hydrogen-bond acceptors (Lipinski definition) is 6. The van der Waals surface area contributed by atoms with Crippen LogP contribution >= 0.6 is 11.6 Å². The van der Waals surface area contributed by atoms with Crippen LogP contribution in [0.4, 0.5) is 17.3 Å². The van der Waals surface area contributed by atoms with Crippen molar-refractivity contribution >= 4 is 39.7 Å². The van der Waals surface area contributed by atoms with Gasteiger partial charge in [-0.3, -0.25) is 0 Å². The SMILES string of the molecule is [C-]#[N+]c1ccc2c(N3CC4CC(O)CC4C3)nnc(NCc3ccc(OC)c(Cl)c3)c2c1. The van der Waals surface area contributed by atoms with E-state index in [9.17, 15) is 5.11 Å². The van der Waals surface area contributed by atoms with Crippen molar-refractivity contribution in [2.45, 2.75) is 25.5 Å². The summed E-state index contributed by atoms with van der Waals surface area (Å²) in [6.45, 7) is 9.70. The van der Waals surface area contributed by atoms with Gasteiger partial charge in [-0.1, -0.05) is 29.8 Å². The molecule has 32 heavy (non-hydrogen) atoms. The van der Waals surface area contributed by atoms with Gasteiger partial charge in [0.1, 0.15) is 5.75 Å². The summed E-state index contributed by atoms with van der Waals surface area (Å²) in [5.41, 5.74) is 1.55. The summed E-state index contributed by atoms with van der Waals surface area (Å²) in [6, 6.07) is 11.3. The van der Waals surface area contributed by atoms with Crippen molar-refractivity contribution in [2.24, 2.45) is 11.8 Å². The van der Waals surface area contributed by atoms with Crippen LogP contribution in [0.5, 0.6) is 5.75 Å². The fraction of sp³-hybridized carbons (Fsp3) is 0.375. The number of benzene rings is 2. The quantitative estimate of drug-likeness (QED) is 0.552. The first-order valence-corrected chi connectivity index (χ1v) is 11.1. The second-order valence-electron chi connectivity index (χ2n) is 8.59. The Hall–Kier alpha value is -3.08. The Morgan fingerprint density at radius 3 is 2.62 bits per heavy atom. The molecule has 2 aromatic carbocycles. The van der Waals surface area contributed by atoms with Crippen molar-refractivity contribution in [1.29, 1.82) is 0 Å². The molecule has 2 unspecified atom stereocenters. The lowest BCUT2D eigenvalue weighted by atomic mass is 10.0. The van der Waals surface area contributed by atoms with Gasteiger partial charge in [-0.25, -0.2) is 4.85 Å². The molecule has 1 saturated carbocycles. The number of anilines is 2. The number of methoxy groups -OCH3 is 1. The molecule has 7 nitrogen and oxygen atoms in total. The number of halogens is 1. The molecule has 1 saturated heterocycles. The molecule has 2 aliphatic rings. The minimum atomic E-state index is -0.172. The molecule has 2 heterocycles. The van der Waals surface area contributed by atoms with Crippen LogP contribution < -0.4 is 15.0 Å². The first-order chi connectivity index (χ1) is 15.6. The Labute approximate surface area is 191 Å². The second kappa shape index (κ2) is 8.45. The summed E-state index contributed by atoms with van der Waals surface area (Å²) in [4.78, 5) is 5.87. The maximum Gasteiger partial charge on any atom is 0.188 e. The molecule has 1 aliphatic carbocycles. The Morgan fingerprint density at radius 1 is 1.16 bits per heavy atom. The van der Waals surface area contributed by atoms with Crippen LogP contribution in [0.1, 0.15) is 18.4 Å². The lowest BCUT2D eigenvalue weighted by molar-refractivity contribution is 0.174. The molecule has 0 amide bonds. The average molecular weight is 450 g/mol. The number of aliphatic hydroxyl groups excluding tert-OH is 1. The largest absolute Gasteiger partial charge is 0.495 e. The Morgan fingerprint density at radius 2 is 1.94 bits per heavy atom. The minimum absolute atomic E-state index is 0.172. The molecule has 2 N–H and O–H groups in total. The van der Waals surface area contributed by atoms with Crippen LogP contribution in [0.25, 0.3) is 15.6 Å². The first-order valence-electron chi connectivity index (χ1n) is 10.7. The molecule has 0 spiro atoms. The standard InChI is InChI=1S/C24H24ClN5O2/c1-26-17-4-5-19-20(10-17)23(27-11-14-3-6-22(32-2)21(25)7-14)28-29-24(19)30-12-15-8-18(31)9-16(15)13-30/h3-7,10,15-16,18,31H,8-9,11-13H2,2H3,(H,27,28). The van der Waals surface area contributed by atoms with Gasteiger partial charge >= 0.3 is 0 Å². The molecule has 3 aromatic rings. The number of fused-ring (bicyclic) bond motifs is 2. The van der Waals surface area contributed by atoms with E-state index in [0.717, 1.165) is 48.1 Å². The van der Waals surface area contributed by atoms with E-state index in [1.54, 1.807) is 7.11 Å². The maximum absolute atomic E-state index is 9.96. The molecule has 0 bridgehead atoms. The van der Waals surface area contributed by atoms with Crippen molar-refractivity contribution in [3.63, 3.8) is 0 Å². The van der Waals surface area contributed by atoms with Crippen LogP contribution in [-0.2, 0) is 6.54 Å². The van der Waals surface area contributed by atoms with E-state index in [-0.39, 0.29) is 6.10 Å². The van der Waals surface area contributed by atoms with Crippen molar-refractivity contribution < 1.29 is 9.84 Å². The number of aliphatic hydroxyl groups is 1. The minimum Gasteiger partial charge on any atom is -0.495 e. The lowest BCUT2D eigenvalue weighted by Crippen LogP contribution is -2.24. The molecular formula is C24H24ClN5O2. The first kappa shape index (κ1) is 20.8. The molecule has 1 aliphatic heterocycles. The van der Waals surface area contributed by atoms with E-state index in [4.69, 9.17) is 22.9 Å². The van der Waals surface area contributed by atoms with Crippen molar-refractivity contribution in [1.82, 2.24) is 10.2 Å². The number of rotatable bonds is 5. The molecule has 5 rings (SSSR count). The monoisotopic (exact) mass is 449 g/mol. The second-order valence-corrected chi connectivity index (χ2v) is 8.99. The van der Waals surface area contributed by atoms with Gasteiger partial charge in [0.05, 0.1) is 24.8 Å². The molecule has 8 heteroatoms. The molecule has 164 valence electrons. The van der Waals surface area contributed by atoms with Gasteiger partial charge in [0.25, 0.3) is 0 Å². The highest BCUT2D eigenvalue weighted by atomic mass is 35.5. The van der Waals surface area contributed by atoms with Gasteiger partial charge in [0.15, 0.2) is 17.3 Å². The van der Waals surface area contributed by atoms with Gasteiger partial charge in [-0.2, -0.15) is 0 Å². The van der Waals surface area contributed by atoms with Crippen LogP contribution in [0.3, 0.4) is 0 Å². The van der Waals surface area contributed by atoms with Gasteiger partial charge in [0, 0.05) is 30.4 Å². The lowest BCUT2D eigenvalue weighted by Gasteiger charge is -2.21. The van der Waals surface area contributed by atoms with Gasteiger partial charge in [-0.05, 0) is 48.4 Å². The van der Waals surface area contributed by atoms with Crippen molar-refractivity contribution in [2.75, 3.05) is 30.4 Å². The fourth-order valence-electron chi connectivity index (χ4n) is 5.01. The van der Waals surface area contributed by atoms with Crippen molar-refractivity contribution in [3.05, 3.63) is 58.4 Å².